The van der Waals surface area contributed by atoms with E-state index < -0.39 is 5.97 Å². The maximum atomic E-state index is 12.4. The molecule has 1 N–H and O–H groups in total. The standard InChI is InChI=1S/C19H16N2O3S/c1-12-3-5-13(6-4-12)11-16-17(22)21(2)19(25-16)20-15-9-7-14(8-10-15)18(23)24/h3-11H,1-2H3,(H,23,24)/b16-11-,20-19?. The Morgan fingerprint density at radius 2 is 1.76 bits per heavy atom. The van der Waals surface area contributed by atoms with Gasteiger partial charge in [0.1, 0.15) is 0 Å². The minimum absolute atomic E-state index is 0.105. The van der Waals surface area contributed by atoms with Crippen LogP contribution in [-0.2, 0) is 4.79 Å². The van der Waals surface area contributed by atoms with E-state index in [4.69, 9.17) is 5.11 Å². The second-order valence-electron chi connectivity index (χ2n) is 5.63. The van der Waals surface area contributed by atoms with Crippen molar-refractivity contribution in [2.75, 3.05) is 7.05 Å². The number of amides is 1. The van der Waals surface area contributed by atoms with Gasteiger partial charge in [-0.15, -0.1) is 0 Å². The number of aryl methyl sites for hydroxylation is 1. The monoisotopic (exact) mass is 352 g/mol. The Morgan fingerprint density at radius 1 is 1.12 bits per heavy atom. The van der Waals surface area contributed by atoms with E-state index in [1.807, 2.05) is 37.3 Å². The van der Waals surface area contributed by atoms with Crippen molar-refractivity contribution in [1.82, 2.24) is 4.90 Å². The van der Waals surface area contributed by atoms with E-state index in [-0.39, 0.29) is 11.5 Å². The van der Waals surface area contributed by atoms with E-state index in [1.165, 1.54) is 28.8 Å². The van der Waals surface area contributed by atoms with E-state index in [2.05, 4.69) is 4.99 Å². The van der Waals surface area contributed by atoms with Crippen LogP contribution in [0.3, 0.4) is 0 Å². The summed E-state index contributed by atoms with van der Waals surface area (Å²) in [5.41, 5.74) is 2.93. The lowest BCUT2D eigenvalue weighted by Gasteiger charge is -2.07. The molecule has 2 aromatic carbocycles. The van der Waals surface area contributed by atoms with Crippen molar-refractivity contribution in [2.24, 2.45) is 4.99 Å². The molecule has 6 heteroatoms. The zero-order valence-corrected chi connectivity index (χ0v) is 14.6. The zero-order chi connectivity index (χ0) is 18.0. The third-order valence-electron chi connectivity index (χ3n) is 3.72. The van der Waals surface area contributed by atoms with Gasteiger partial charge in [0.15, 0.2) is 5.17 Å². The van der Waals surface area contributed by atoms with Gasteiger partial charge in [-0.1, -0.05) is 29.8 Å². The van der Waals surface area contributed by atoms with Gasteiger partial charge in [-0.3, -0.25) is 9.69 Å². The van der Waals surface area contributed by atoms with Crippen LogP contribution in [0.2, 0.25) is 0 Å². The van der Waals surface area contributed by atoms with Gasteiger partial charge in [-0.05, 0) is 54.6 Å². The van der Waals surface area contributed by atoms with Crippen molar-refractivity contribution in [3.8, 4) is 0 Å². The summed E-state index contributed by atoms with van der Waals surface area (Å²) < 4.78 is 0. The highest BCUT2D eigenvalue weighted by Crippen LogP contribution is 2.33. The third-order valence-corrected chi connectivity index (χ3v) is 4.78. The van der Waals surface area contributed by atoms with Crippen molar-refractivity contribution in [1.29, 1.82) is 0 Å². The molecule has 0 bridgehead atoms. The van der Waals surface area contributed by atoms with Gasteiger partial charge in [0.2, 0.25) is 0 Å². The van der Waals surface area contributed by atoms with Crippen LogP contribution < -0.4 is 0 Å². The molecule has 1 heterocycles. The average molecular weight is 352 g/mol. The largest absolute Gasteiger partial charge is 0.478 e. The normalized spacial score (nSPS) is 17.5. The van der Waals surface area contributed by atoms with Crippen LogP contribution in [0.15, 0.2) is 58.4 Å². The molecule has 126 valence electrons. The van der Waals surface area contributed by atoms with Crippen LogP contribution in [0, 0.1) is 6.92 Å². The number of aliphatic imine (C=N–C) groups is 1. The highest BCUT2D eigenvalue weighted by atomic mass is 32.2. The fraction of sp³-hybridized carbons (Fsp3) is 0.105. The summed E-state index contributed by atoms with van der Waals surface area (Å²) in [7, 11) is 1.68. The van der Waals surface area contributed by atoms with Crippen LogP contribution in [0.1, 0.15) is 21.5 Å². The molecule has 1 amide bonds. The van der Waals surface area contributed by atoms with Gasteiger partial charge >= 0.3 is 5.97 Å². The number of likely N-dealkylation sites (N-methyl/N-ethyl adjacent to an activating group) is 1. The molecule has 0 radical (unpaired) electrons. The first-order valence-electron chi connectivity index (χ1n) is 7.60. The molecule has 3 rings (SSSR count). The second-order valence-corrected chi connectivity index (χ2v) is 6.64. The number of benzene rings is 2. The molecule has 1 aliphatic rings. The van der Waals surface area contributed by atoms with Gasteiger partial charge in [-0.2, -0.15) is 0 Å². The van der Waals surface area contributed by atoms with Crippen molar-refractivity contribution in [2.45, 2.75) is 6.92 Å². The fourth-order valence-electron chi connectivity index (χ4n) is 2.25. The minimum atomic E-state index is -0.981. The van der Waals surface area contributed by atoms with Crippen molar-refractivity contribution >= 4 is 40.6 Å². The Kier molecular flexibility index (Phi) is 4.72. The van der Waals surface area contributed by atoms with Crippen molar-refractivity contribution in [3.05, 3.63) is 70.1 Å². The number of carbonyl (C=O) groups is 2. The quantitative estimate of drug-likeness (QED) is 0.850. The molecule has 0 unspecified atom stereocenters. The number of nitrogens with zero attached hydrogens (tertiary/aromatic N) is 2. The summed E-state index contributed by atoms with van der Waals surface area (Å²) in [5, 5.41) is 9.49. The summed E-state index contributed by atoms with van der Waals surface area (Å²) in [6.07, 6.45) is 1.85. The molecule has 1 aliphatic heterocycles. The van der Waals surface area contributed by atoms with E-state index in [9.17, 15) is 9.59 Å². The molecule has 0 saturated carbocycles. The molecule has 0 aliphatic carbocycles. The number of carboxylic acids is 1. The van der Waals surface area contributed by atoms with Gasteiger partial charge < -0.3 is 5.11 Å². The Labute approximate surface area is 149 Å². The predicted molar refractivity (Wildman–Crippen MR) is 100 cm³/mol. The second kappa shape index (κ2) is 6.94. The van der Waals surface area contributed by atoms with Gasteiger partial charge in [-0.25, -0.2) is 9.79 Å². The zero-order valence-electron chi connectivity index (χ0n) is 13.8. The summed E-state index contributed by atoms with van der Waals surface area (Å²) >= 11 is 1.30. The number of aromatic carboxylic acids is 1. The van der Waals surface area contributed by atoms with Gasteiger partial charge in [0.05, 0.1) is 16.2 Å². The number of hydrogen-bond donors (Lipinski definition) is 1. The summed E-state index contributed by atoms with van der Waals surface area (Å²) in [4.78, 5) is 29.8. The predicted octanol–water partition coefficient (Wildman–Crippen LogP) is 3.93. The summed E-state index contributed by atoms with van der Waals surface area (Å²) in [6.45, 7) is 2.01. The Morgan fingerprint density at radius 3 is 2.36 bits per heavy atom. The van der Waals surface area contributed by atoms with Crippen LogP contribution >= 0.6 is 11.8 Å². The maximum Gasteiger partial charge on any atom is 0.335 e. The van der Waals surface area contributed by atoms with Gasteiger partial charge in [0.25, 0.3) is 5.91 Å². The molecule has 5 nitrogen and oxygen atoms in total. The van der Waals surface area contributed by atoms with Crippen molar-refractivity contribution in [3.63, 3.8) is 0 Å². The smallest absolute Gasteiger partial charge is 0.335 e. The van der Waals surface area contributed by atoms with Crippen LogP contribution in [-0.4, -0.2) is 34.1 Å². The van der Waals surface area contributed by atoms with Crippen LogP contribution in [0.4, 0.5) is 5.69 Å². The van der Waals surface area contributed by atoms with Gasteiger partial charge in [0, 0.05) is 7.05 Å². The SMILES string of the molecule is Cc1ccc(/C=C2\SC(=Nc3ccc(C(=O)O)cc3)N(C)C2=O)cc1. The van der Waals surface area contributed by atoms with E-state index in [0.717, 1.165) is 11.1 Å². The molecule has 0 aromatic heterocycles. The molecule has 2 aromatic rings. The summed E-state index contributed by atoms with van der Waals surface area (Å²) in [6, 6.07) is 14.2. The highest BCUT2D eigenvalue weighted by molar-refractivity contribution is 8.18. The molecule has 25 heavy (non-hydrogen) atoms. The van der Waals surface area contributed by atoms with E-state index in [1.54, 1.807) is 19.2 Å². The highest BCUT2D eigenvalue weighted by Gasteiger charge is 2.30. The first-order chi connectivity index (χ1) is 11.9. The maximum absolute atomic E-state index is 12.4. The molecular weight excluding hydrogens is 336 g/mol. The minimum Gasteiger partial charge on any atom is -0.478 e. The Hall–Kier alpha value is -2.86. The number of thioether (sulfide) groups is 1. The lowest BCUT2D eigenvalue weighted by Crippen LogP contribution is -2.23. The lowest BCUT2D eigenvalue weighted by atomic mass is 10.1. The first-order valence-corrected chi connectivity index (χ1v) is 8.42. The van der Waals surface area contributed by atoms with E-state index in [0.29, 0.717) is 15.8 Å². The fourth-order valence-corrected chi connectivity index (χ4v) is 3.24. The molecule has 1 saturated heterocycles. The van der Waals surface area contributed by atoms with E-state index >= 15 is 0 Å². The molecule has 0 atom stereocenters. The lowest BCUT2D eigenvalue weighted by molar-refractivity contribution is -0.121. The third kappa shape index (κ3) is 3.80. The first kappa shape index (κ1) is 17.0. The number of carbonyl (C=O) groups excluding carboxylic acids is 1. The molecule has 0 spiro atoms. The topological polar surface area (TPSA) is 70.0 Å². The number of amidine groups is 1. The van der Waals surface area contributed by atoms with Crippen LogP contribution in [0.5, 0.6) is 0 Å². The Balaban J connectivity index is 1.85. The number of hydrogen-bond acceptors (Lipinski definition) is 4. The number of carboxylic acid groups (broad SMARTS) is 1. The number of rotatable bonds is 3. The Bertz CT molecular complexity index is 884. The molecule has 1 fully saturated rings. The average Bonchev–Trinajstić information content (AvgIpc) is 2.85. The summed E-state index contributed by atoms with van der Waals surface area (Å²) in [5.74, 6) is -1.09. The van der Waals surface area contributed by atoms with Crippen molar-refractivity contribution < 1.29 is 14.7 Å². The van der Waals surface area contributed by atoms with Crippen LogP contribution in [0.25, 0.3) is 6.08 Å². The molecular formula is C19H16N2O3S.